The van der Waals surface area contributed by atoms with Crippen LogP contribution >= 0.6 is 0 Å². The first-order valence-corrected chi connectivity index (χ1v) is 7.88. The van der Waals surface area contributed by atoms with Crippen LogP contribution < -0.4 is 11.1 Å². The lowest BCUT2D eigenvalue weighted by molar-refractivity contribution is 0.0527. The van der Waals surface area contributed by atoms with Crippen LogP contribution in [0, 0.1) is 23.7 Å². The summed E-state index contributed by atoms with van der Waals surface area (Å²) >= 11 is 0. The number of pyridine rings is 1. The minimum atomic E-state index is -0.378. The maximum Gasteiger partial charge on any atom is 0.340 e. The predicted octanol–water partition coefficient (Wildman–Crippen LogP) is 2.30. The highest BCUT2D eigenvalue weighted by Gasteiger charge is 2.65. The van der Waals surface area contributed by atoms with Crippen LogP contribution in [0.25, 0.3) is 0 Å². The smallest absolute Gasteiger partial charge is 0.340 e. The second kappa shape index (κ2) is 4.61. The van der Waals surface area contributed by atoms with Gasteiger partial charge < -0.3 is 15.8 Å². The fourth-order valence-electron chi connectivity index (χ4n) is 4.65. The highest BCUT2D eigenvalue weighted by Crippen LogP contribution is 2.66. The van der Waals surface area contributed by atoms with Crippen LogP contribution in [0.2, 0.25) is 0 Å². The van der Waals surface area contributed by atoms with Crippen LogP contribution in [-0.4, -0.2) is 23.6 Å². The van der Waals surface area contributed by atoms with Crippen molar-refractivity contribution in [2.75, 3.05) is 17.7 Å². The molecule has 0 spiro atoms. The van der Waals surface area contributed by atoms with E-state index in [-0.39, 0.29) is 5.97 Å². The lowest BCUT2D eigenvalue weighted by Gasteiger charge is -2.14. The molecule has 5 heteroatoms. The molecule has 0 radical (unpaired) electrons. The van der Waals surface area contributed by atoms with Crippen LogP contribution in [-0.2, 0) is 4.74 Å². The Kier molecular flexibility index (Phi) is 2.84. The Morgan fingerprint density at radius 2 is 2.14 bits per heavy atom. The van der Waals surface area contributed by atoms with Crippen molar-refractivity contribution in [2.24, 2.45) is 23.7 Å². The molecule has 21 heavy (non-hydrogen) atoms. The minimum Gasteiger partial charge on any atom is -0.462 e. The van der Waals surface area contributed by atoms with Gasteiger partial charge in [0.25, 0.3) is 0 Å². The topological polar surface area (TPSA) is 77.2 Å². The largest absolute Gasteiger partial charge is 0.462 e. The van der Waals surface area contributed by atoms with Crippen LogP contribution in [0.5, 0.6) is 0 Å². The molecule has 3 aliphatic carbocycles. The zero-order chi connectivity index (χ0) is 14.6. The van der Waals surface area contributed by atoms with Crippen molar-refractivity contribution < 1.29 is 9.53 Å². The predicted molar refractivity (Wildman–Crippen MR) is 79.8 cm³/mol. The zero-order valence-electron chi connectivity index (χ0n) is 12.2. The summed E-state index contributed by atoms with van der Waals surface area (Å²) in [5.41, 5.74) is 6.92. The maximum absolute atomic E-state index is 11.9. The van der Waals surface area contributed by atoms with E-state index in [2.05, 4.69) is 10.3 Å². The third-order valence-corrected chi connectivity index (χ3v) is 5.52. The molecule has 1 aromatic heterocycles. The van der Waals surface area contributed by atoms with E-state index in [1.54, 1.807) is 19.2 Å². The molecule has 3 aliphatic rings. The number of carbonyl (C=O) groups excluding carboxylic acids is 1. The molecule has 0 amide bonds. The lowest BCUT2D eigenvalue weighted by atomic mass is 10.0. The Hall–Kier alpha value is -1.78. The van der Waals surface area contributed by atoms with Gasteiger partial charge in [-0.25, -0.2) is 9.78 Å². The first kappa shape index (κ1) is 12.9. The van der Waals surface area contributed by atoms with Crippen molar-refractivity contribution in [3.8, 4) is 0 Å². The number of ether oxygens (including phenoxy) is 1. The van der Waals surface area contributed by atoms with Gasteiger partial charge in [-0.1, -0.05) is 0 Å². The van der Waals surface area contributed by atoms with Crippen molar-refractivity contribution in [1.29, 1.82) is 0 Å². The SMILES string of the molecule is CCOC(=O)c1ccnc(NC2C3C4CCC(C4)C23)c1N. The molecular weight excluding hydrogens is 266 g/mol. The van der Waals surface area contributed by atoms with Gasteiger partial charge in [-0.05, 0) is 55.9 Å². The fourth-order valence-corrected chi connectivity index (χ4v) is 4.65. The standard InChI is InChI=1S/C16H21N3O2/c1-2-21-16(20)10-5-6-18-15(13(10)17)19-14-11-8-3-4-9(7-8)12(11)14/h5-6,8-9,11-12,14H,2-4,7,17H2,1H3,(H,18,19). The molecule has 4 unspecified atom stereocenters. The number of nitrogens with zero attached hydrogens (tertiary/aromatic N) is 1. The highest BCUT2D eigenvalue weighted by molar-refractivity contribution is 5.97. The third kappa shape index (κ3) is 1.90. The number of hydrogen-bond donors (Lipinski definition) is 2. The van der Waals surface area contributed by atoms with Crippen LogP contribution in [0.1, 0.15) is 36.5 Å². The molecule has 0 aromatic carbocycles. The molecule has 3 saturated carbocycles. The van der Waals surface area contributed by atoms with E-state index in [1.807, 2.05) is 0 Å². The molecule has 0 saturated heterocycles. The summed E-state index contributed by atoms with van der Waals surface area (Å²) in [5.74, 6) is 3.65. The number of rotatable bonds is 4. The average molecular weight is 287 g/mol. The number of nitrogens with two attached hydrogens (primary N) is 1. The number of aromatic nitrogens is 1. The second-order valence-electron chi connectivity index (χ2n) is 6.50. The Morgan fingerprint density at radius 1 is 1.43 bits per heavy atom. The number of esters is 1. The minimum absolute atomic E-state index is 0.347. The maximum atomic E-state index is 11.9. The number of nitrogen functional groups attached to an aromatic ring is 1. The molecule has 3 N–H and O–H groups in total. The number of nitrogens with one attached hydrogen (secondary N) is 1. The second-order valence-corrected chi connectivity index (χ2v) is 6.50. The molecule has 1 heterocycles. The van der Waals surface area contributed by atoms with E-state index in [0.717, 1.165) is 23.7 Å². The van der Waals surface area contributed by atoms with E-state index in [0.29, 0.717) is 29.7 Å². The fraction of sp³-hybridized carbons (Fsp3) is 0.625. The van der Waals surface area contributed by atoms with Gasteiger partial charge in [0.2, 0.25) is 0 Å². The Balaban J connectivity index is 1.51. The average Bonchev–Trinajstić information content (AvgIpc) is 2.86. The number of hydrogen-bond acceptors (Lipinski definition) is 5. The summed E-state index contributed by atoms with van der Waals surface area (Å²) < 4.78 is 5.03. The van der Waals surface area contributed by atoms with Crippen molar-refractivity contribution in [3.05, 3.63) is 17.8 Å². The van der Waals surface area contributed by atoms with Crippen LogP contribution in [0.15, 0.2) is 12.3 Å². The van der Waals surface area contributed by atoms with E-state index in [1.165, 1.54) is 19.3 Å². The Labute approximate surface area is 124 Å². The highest BCUT2D eigenvalue weighted by atomic mass is 16.5. The van der Waals surface area contributed by atoms with E-state index < -0.39 is 0 Å². The van der Waals surface area contributed by atoms with Gasteiger partial charge in [-0.3, -0.25) is 0 Å². The molecular formula is C16H21N3O2. The van der Waals surface area contributed by atoms with E-state index >= 15 is 0 Å². The Morgan fingerprint density at radius 3 is 2.81 bits per heavy atom. The molecule has 5 nitrogen and oxygen atoms in total. The molecule has 0 aliphatic heterocycles. The number of anilines is 2. The third-order valence-electron chi connectivity index (χ3n) is 5.52. The van der Waals surface area contributed by atoms with Crippen LogP contribution in [0.4, 0.5) is 11.5 Å². The van der Waals surface area contributed by atoms with Crippen molar-refractivity contribution in [1.82, 2.24) is 4.98 Å². The quantitative estimate of drug-likeness (QED) is 0.831. The van der Waals surface area contributed by atoms with Crippen molar-refractivity contribution >= 4 is 17.5 Å². The monoisotopic (exact) mass is 287 g/mol. The Bertz CT molecular complexity index is 573. The summed E-state index contributed by atoms with van der Waals surface area (Å²) in [5, 5.41) is 3.48. The summed E-state index contributed by atoms with van der Waals surface area (Å²) in [6.45, 7) is 2.13. The first-order valence-electron chi connectivity index (χ1n) is 7.88. The number of carbonyl (C=O) groups is 1. The number of fused-ring (bicyclic) bond motifs is 5. The van der Waals surface area contributed by atoms with Crippen LogP contribution in [0.3, 0.4) is 0 Å². The van der Waals surface area contributed by atoms with Gasteiger partial charge in [0, 0.05) is 12.2 Å². The molecule has 4 atom stereocenters. The molecule has 1 aromatic rings. The summed E-state index contributed by atoms with van der Waals surface area (Å²) in [7, 11) is 0. The lowest BCUT2D eigenvalue weighted by Crippen LogP contribution is -2.17. The summed E-state index contributed by atoms with van der Waals surface area (Å²) in [6.07, 6.45) is 5.81. The van der Waals surface area contributed by atoms with Gasteiger partial charge >= 0.3 is 5.97 Å². The van der Waals surface area contributed by atoms with Gasteiger partial charge in [-0.2, -0.15) is 0 Å². The van der Waals surface area contributed by atoms with Gasteiger partial charge in [0.1, 0.15) is 5.82 Å². The van der Waals surface area contributed by atoms with Gasteiger partial charge in [-0.15, -0.1) is 0 Å². The normalized spacial score (nSPS) is 35.4. The molecule has 2 bridgehead atoms. The first-order chi connectivity index (χ1) is 10.2. The molecule has 4 rings (SSSR count). The van der Waals surface area contributed by atoms with Gasteiger partial charge in [0.15, 0.2) is 0 Å². The molecule has 3 fully saturated rings. The van der Waals surface area contributed by atoms with Crippen molar-refractivity contribution in [3.63, 3.8) is 0 Å². The summed E-state index contributed by atoms with van der Waals surface area (Å²) in [4.78, 5) is 16.2. The summed E-state index contributed by atoms with van der Waals surface area (Å²) in [6, 6.07) is 2.12. The molecule has 112 valence electrons. The van der Waals surface area contributed by atoms with E-state index in [4.69, 9.17) is 10.5 Å². The van der Waals surface area contributed by atoms with Crippen molar-refractivity contribution in [2.45, 2.75) is 32.2 Å². The van der Waals surface area contributed by atoms with Gasteiger partial charge in [0.05, 0.1) is 17.9 Å². The zero-order valence-corrected chi connectivity index (χ0v) is 12.2. The van der Waals surface area contributed by atoms with E-state index in [9.17, 15) is 4.79 Å².